The van der Waals surface area contributed by atoms with Crippen LogP contribution in [0, 0.1) is 5.82 Å². The normalized spacial score (nSPS) is 19.2. The summed E-state index contributed by atoms with van der Waals surface area (Å²) in [5.41, 5.74) is 2.23. The lowest BCUT2D eigenvalue weighted by Gasteiger charge is -2.29. The van der Waals surface area contributed by atoms with Crippen LogP contribution in [0.25, 0.3) is 11.1 Å². The van der Waals surface area contributed by atoms with Crippen LogP contribution in [0.2, 0.25) is 0 Å². The van der Waals surface area contributed by atoms with Gasteiger partial charge in [0.25, 0.3) is 5.91 Å². The zero-order valence-corrected chi connectivity index (χ0v) is 15.4. The Hall–Kier alpha value is -3.15. The highest BCUT2D eigenvalue weighted by Gasteiger charge is 2.24. The van der Waals surface area contributed by atoms with E-state index in [2.05, 4.69) is 15.3 Å². The van der Waals surface area contributed by atoms with Gasteiger partial charge in [0.1, 0.15) is 17.6 Å². The summed E-state index contributed by atoms with van der Waals surface area (Å²) in [7, 11) is 0. The van der Waals surface area contributed by atoms with E-state index in [4.69, 9.17) is 4.74 Å². The van der Waals surface area contributed by atoms with Gasteiger partial charge in [-0.15, -0.1) is 0 Å². The van der Waals surface area contributed by atoms with Crippen molar-refractivity contribution in [3.8, 4) is 17.0 Å². The molecule has 0 bridgehead atoms. The maximum Gasteiger partial charge on any atom is 0.267 e. The average molecular weight is 379 g/mol. The van der Waals surface area contributed by atoms with Gasteiger partial charge >= 0.3 is 0 Å². The van der Waals surface area contributed by atoms with E-state index in [1.807, 2.05) is 18.2 Å². The van der Waals surface area contributed by atoms with Crippen molar-refractivity contribution in [2.45, 2.75) is 37.8 Å². The largest absolute Gasteiger partial charge is 0.474 e. The molecule has 3 aromatic rings. The highest BCUT2D eigenvalue weighted by atomic mass is 19.1. The van der Waals surface area contributed by atoms with Crippen LogP contribution >= 0.6 is 0 Å². The number of rotatable bonds is 5. The number of carbonyl (C=O) groups excluding carboxylic acids is 1. The average Bonchev–Trinajstić information content (AvgIpc) is 3.21. The van der Waals surface area contributed by atoms with Crippen molar-refractivity contribution < 1.29 is 13.9 Å². The first kappa shape index (κ1) is 18.2. The van der Waals surface area contributed by atoms with E-state index >= 15 is 0 Å². The number of pyridine rings is 1. The molecule has 1 fully saturated rings. The van der Waals surface area contributed by atoms with Crippen LogP contribution in [0.4, 0.5) is 4.39 Å². The Labute approximate surface area is 163 Å². The minimum atomic E-state index is -0.278. The van der Waals surface area contributed by atoms with Gasteiger partial charge in [-0.1, -0.05) is 18.2 Å². The molecule has 144 valence electrons. The number of hydrogen-bond acceptors (Lipinski definition) is 3. The van der Waals surface area contributed by atoms with E-state index in [9.17, 15) is 9.18 Å². The molecule has 4 rings (SSSR count). The summed E-state index contributed by atoms with van der Waals surface area (Å²) in [5, 5.41) is 3.09. The van der Waals surface area contributed by atoms with Crippen LogP contribution in [-0.2, 0) is 0 Å². The fourth-order valence-corrected chi connectivity index (χ4v) is 3.51. The Morgan fingerprint density at radius 3 is 2.57 bits per heavy atom. The Kier molecular flexibility index (Phi) is 5.37. The zero-order valence-electron chi connectivity index (χ0n) is 15.4. The number of ether oxygens (including phenoxy) is 1. The number of nitrogens with one attached hydrogen (secondary N) is 2. The van der Waals surface area contributed by atoms with Crippen LogP contribution in [-0.4, -0.2) is 28.0 Å². The number of hydrogen-bond donors (Lipinski definition) is 2. The van der Waals surface area contributed by atoms with Crippen LogP contribution < -0.4 is 10.1 Å². The summed E-state index contributed by atoms with van der Waals surface area (Å²) in [5.74, 6) is 0.247. The molecule has 1 saturated carbocycles. The summed E-state index contributed by atoms with van der Waals surface area (Å²) in [6, 6.07) is 13.8. The fourth-order valence-electron chi connectivity index (χ4n) is 3.51. The maximum atomic E-state index is 13.1. The molecule has 0 atom stereocenters. The number of benzene rings is 1. The van der Waals surface area contributed by atoms with Crippen LogP contribution in [0.15, 0.2) is 60.9 Å². The molecule has 5 nitrogen and oxygen atoms in total. The number of aromatic amines is 1. The number of amides is 1. The fraction of sp³-hybridized carbons (Fsp3) is 0.273. The quantitative estimate of drug-likeness (QED) is 0.693. The Morgan fingerprint density at radius 1 is 1.07 bits per heavy atom. The number of nitrogens with zero attached hydrogens (tertiary/aromatic N) is 1. The van der Waals surface area contributed by atoms with Crippen molar-refractivity contribution >= 4 is 5.91 Å². The summed E-state index contributed by atoms with van der Waals surface area (Å²) in [6.45, 7) is 0. The van der Waals surface area contributed by atoms with Crippen molar-refractivity contribution in [2.24, 2.45) is 0 Å². The standard InChI is InChI=1S/C22H22FN3O2/c23-17-6-4-15(5-7-17)16-13-20(25-14-16)22(27)26-18-8-10-19(11-9-18)28-21-3-1-2-12-24-21/h1-7,12-14,18-19,25H,8-11H2,(H,26,27). The monoisotopic (exact) mass is 379 g/mol. The van der Waals surface area contributed by atoms with Crippen molar-refractivity contribution in [3.63, 3.8) is 0 Å². The topological polar surface area (TPSA) is 67.0 Å². The Bertz CT molecular complexity index is 916. The van der Waals surface area contributed by atoms with E-state index < -0.39 is 0 Å². The highest BCUT2D eigenvalue weighted by molar-refractivity contribution is 5.94. The number of H-pyrrole nitrogens is 1. The van der Waals surface area contributed by atoms with Gasteiger partial charge in [0.15, 0.2) is 0 Å². The first-order chi connectivity index (χ1) is 13.7. The first-order valence-electron chi connectivity index (χ1n) is 9.50. The van der Waals surface area contributed by atoms with Gasteiger partial charge in [-0.25, -0.2) is 9.37 Å². The van der Waals surface area contributed by atoms with Gasteiger partial charge in [-0.05, 0) is 61.1 Å². The van der Waals surface area contributed by atoms with Gasteiger partial charge in [0.05, 0.1) is 0 Å². The molecule has 1 amide bonds. The predicted molar refractivity (Wildman–Crippen MR) is 105 cm³/mol. The lowest BCUT2D eigenvalue weighted by Crippen LogP contribution is -2.39. The molecule has 6 heteroatoms. The first-order valence-corrected chi connectivity index (χ1v) is 9.50. The number of carbonyl (C=O) groups is 1. The summed E-state index contributed by atoms with van der Waals surface area (Å²) in [4.78, 5) is 19.7. The van der Waals surface area contributed by atoms with Crippen LogP contribution in [0.5, 0.6) is 5.88 Å². The SMILES string of the molecule is O=C(NC1CCC(Oc2ccccn2)CC1)c1cc(-c2ccc(F)cc2)c[nH]1. The number of halogens is 1. The highest BCUT2D eigenvalue weighted by Crippen LogP contribution is 2.24. The molecule has 1 aliphatic rings. The lowest BCUT2D eigenvalue weighted by molar-refractivity contribution is 0.0886. The minimum absolute atomic E-state index is 0.123. The van der Waals surface area contributed by atoms with E-state index in [0.717, 1.165) is 36.8 Å². The maximum absolute atomic E-state index is 13.1. The second kappa shape index (κ2) is 8.25. The van der Waals surface area contributed by atoms with Gasteiger partial charge in [-0.2, -0.15) is 0 Å². The lowest BCUT2D eigenvalue weighted by atomic mass is 9.93. The summed E-state index contributed by atoms with van der Waals surface area (Å²) >= 11 is 0. The smallest absolute Gasteiger partial charge is 0.267 e. The third kappa shape index (κ3) is 4.39. The van der Waals surface area contributed by atoms with E-state index in [1.165, 1.54) is 12.1 Å². The molecular weight excluding hydrogens is 357 g/mol. The predicted octanol–water partition coefficient (Wildman–Crippen LogP) is 4.34. The van der Waals surface area contributed by atoms with E-state index in [0.29, 0.717) is 11.6 Å². The second-order valence-electron chi connectivity index (χ2n) is 7.04. The van der Waals surface area contributed by atoms with E-state index in [-0.39, 0.29) is 23.9 Å². The molecule has 1 aliphatic carbocycles. The van der Waals surface area contributed by atoms with E-state index in [1.54, 1.807) is 30.6 Å². The Morgan fingerprint density at radius 2 is 1.86 bits per heavy atom. The van der Waals surface area contributed by atoms with Crippen molar-refractivity contribution in [2.75, 3.05) is 0 Å². The molecule has 28 heavy (non-hydrogen) atoms. The Balaban J connectivity index is 1.29. The molecule has 2 heterocycles. The molecule has 0 saturated heterocycles. The summed E-state index contributed by atoms with van der Waals surface area (Å²) in [6.07, 6.45) is 7.12. The van der Waals surface area contributed by atoms with Crippen molar-refractivity contribution in [1.29, 1.82) is 0 Å². The molecular formula is C22H22FN3O2. The molecule has 2 N–H and O–H groups in total. The molecule has 0 aliphatic heterocycles. The molecule has 0 unspecified atom stereocenters. The third-order valence-electron chi connectivity index (χ3n) is 5.04. The van der Waals surface area contributed by atoms with Gasteiger partial charge in [0, 0.05) is 24.5 Å². The van der Waals surface area contributed by atoms with Gasteiger partial charge in [0.2, 0.25) is 5.88 Å². The van der Waals surface area contributed by atoms with Crippen LogP contribution in [0.3, 0.4) is 0 Å². The summed E-state index contributed by atoms with van der Waals surface area (Å²) < 4.78 is 19.0. The molecule has 2 aromatic heterocycles. The molecule has 1 aromatic carbocycles. The van der Waals surface area contributed by atoms with Gasteiger partial charge < -0.3 is 15.0 Å². The molecule has 0 spiro atoms. The minimum Gasteiger partial charge on any atom is -0.474 e. The number of aromatic nitrogens is 2. The third-order valence-corrected chi connectivity index (χ3v) is 5.04. The van der Waals surface area contributed by atoms with Crippen molar-refractivity contribution in [3.05, 3.63) is 72.4 Å². The molecule has 0 radical (unpaired) electrons. The second-order valence-corrected chi connectivity index (χ2v) is 7.04. The zero-order chi connectivity index (χ0) is 19.3. The van der Waals surface area contributed by atoms with Crippen LogP contribution in [0.1, 0.15) is 36.2 Å². The van der Waals surface area contributed by atoms with Crippen molar-refractivity contribution in [1.82, 2.24) is 15.3 Å². The van der Waals surface area contributed by atoms with Gasteiger partial charge in [-0.3, -0.25) is 4.79 Å².